The van der Waals surface area contributed by atoms with Crippen molar-refractivity contribution in [2.45, 2.75) is 57.3 Å². The molecular weight excluding hydrogens is 310 g/mol. The molecule has 1 spiro atoms. The molecule has 0 unspecified atom stereocenters. The molecule has 2 fully saturated rings. The summed E-state index contributed by atoms with van der Waals surface area (Å²) in [6.45, 7) is 3.72. The van der Waals surface area contributed by atoms with Crippen LogP contribution in [0.5, 0.6) is 0 Å². The Morgan fingerprint density at radius 1 is 1.21 bits per heavy atom. The van der Waals surface area contributed by atoms with Crippen LogP contribution in [-0.4, -0.2) is 62.5 Å². The van der Waals surface area contributed by atoms with Gasteiger partial charge in [0.05, 0.1) is 6.61 Å². The molecule has 2 rings (SSSR count). The molecule has 0 aromatic heterocycles. The van der Waals surface area contributed by atoms with E-state index < -0.39 is 5.79 Å². The number of rotatable bonds is 6. The van der Waals surface area contributed by atoms with Crippen LogP contribution in [0.1, 0.15) is 45.4 Å². The molecule has 2 N–H and O–H groups in total. The maximum Gasteiger partial charge on any atom is 0.314 e. The van der Waals surface area contributed by atoms with Gasteiger partial charge in [0.1, 0.15) is 6.10 Å². The lowest BCUT2D eigenvalue weighted by molar-refractivity contribution is -0.191. The summed E-state index contributed by atoms with van der Waals surface area (Å²) in [6, 6.07) is -0.228. The van der Waals surface area contributed by atoms with E-state index in [0.29, 0.717) is 32.5 Å². The third-order valence-corrected chi connectivity index (χ3v) is 4.79. The average Bonchev–Trinajstić information content (AvgIpc) is 2.95. The first-order chi connectivity index (χ1) is 11.4. The molecule has 138 valence electrons. The Bertz CT molecular complexity index is 434. The Labute approximate surface area is 144 Å². The van der Waals surface area contributed by atoms with Gasteiger partial charge in [-0.05, 0) is 25.2 Å². The van der Waals surface area contributed by atoms with E-state index in [-0.39, 0.29) is 18.0 Å². The molecule has 2 aliphatic rings. The highest BCUT2D eigenvalue weighted by Gasteiger charge is 2.43. The maximum atomic E-state index is 11.8. The van der Waals surface area contributed by atoms with Gasteiger partial charge in [0, 0.05) is 46.4 Å². The summed E-state index contributed by atoms with van der Waals surface area (Å²) >= 11 is 0. The van der Waals surface area contributed by atoms with Crippen LogP contribution >= 0.6 is 0 Å². The smallest absolute Gasteiger partial charge is 0.314 e. The summed E-state index contributed by atoms with van der Waals surface area (Å²) in [4.78, 5) is 24.8. The Kier molecular flexibility index (Phi) is 6.86. The minimum atomic E-state index is -0.415. The van der Waals surface area contributed by atoms with Gasteiger partial charge in [-0.3, -0.25) is 4.79 Å². The number of nitrogens with one attached hydrogen (secondary N) is 2. The lowest BCUT2D eigenvalue weighted by Gasteiger charge is -2.34. The van der Waals surface area contributed by atoms with Crippen molar-refractivity contribution in [3.05, 3.63) is 0 Å². The van der Waals surface area contributed by atoms with E-state index in [9.17, 15) is 9.59 Å². The molecule has 1 saturated carbocycles. The first-order valence-electron chi connectivity index (χ1n) is 8.94. The van der Waals surface area contributed by atoms with Gasteiger partial charge in [-0.25, -0.2) is 4.79 Å². The molecule has 1 aliphatic carbocycles. The van der Waals surface area contributed by atoms with Crippen molar-refractivity contribution in [3.63, 3.8) is 0 Å². The zero-order valence-corrected chi connectivity index (χ0v) is 15.1. The Morgan fingerprint density at radius 3 is 2.58 bits per heavy atom. The molecule has 0 aromatic rings. The van der Waals surface area contributed by atoms with Gasteiger partial charge in [-0.15, -0.1) is 0 Å². The molecule has 1 saturated heterocycles. The van der Waals surface area contributed by atoms with E-state index in [1.807, 2.05) is 0 Å². The number of urea groups is 1. The van der Waals surface area contributed by atoms with Gasteiger partial charge in [-0.2, -0.15) is 0 Å². The van der Waals surface area contributed by atoms with E-state index in [0.717, 1.165) is 31.6 Å². The predicted molar refractivity (Wildman–Crippen MR) is 90.5 cm³/mol. The molecule has 0 aromatic carbocycles. The van der Waals surface area contributed by atoms with Crippen LogP contribution in [0.4, 0.5) is 4.79 Å². The third-order valence-electron chi connectivity index (χ3n) is 4.79. The van der Waals surface area contributed by atoms with Crippen molar-refractivity contribution >= 4 is 11.9 Å². The lowest BCUT2D eigenvalue weighted by atomic mass is 9.86. The maximum absolute atomic E-state index is 11.8. The monoisotopic (exact) mass is 341 g/mol. The fourth-order valence-corrected chi connectivity index (χ4v) is 3.12. The van der Waals surface area contributed by atoms with Crippen LogP contribution in [0.25, 0.3) is 0 Å². The zero-order chi connectivity index (χ0) is 17.6. The number of hydrogen-bond donors (Lipinski definition) is 2. The van der Waals surface area contributed by atoms with Crippen LogP contribution in [0, 0.1) is 5.92 Å². The molecule has 7 heteroatoms. The third kappa shape index (κ3) is 5.63. The molecule has 1 heterocycles. The number of nitrogens with zero attached hydrogens (tertiary/aromatic N) is 1. The first-order valence-corrected chi connectivity index (χ1v) is 8.94. The fraction of sp³-hybridized carbons (Fsp3) is 0.882. The van der Waals surface area contributed by atoms with Crippen LogP contribution in [0.3, 0.4) is 0 Å². The van der Waals surface area contributed by atoms with Crippen molar-refractivity contribution in [1.29, 1.82) is 0 Å². The normalized spacial score (nSPS) is 29.5. The highest BCUT2D eigenvalue weighted by atomic mass is 16.7. The van der Waals surface area contributed by atoms with Crippen LogP contribution in [0.15, 0.2) is 0 Å². The average molecular weight is 341 g/mol. The van der Waals surface area contributed by atoms with Crippen molar-refractivity contribution in [1.82, 2.24) is 15.5 Å². The van der Waals surface area contributed by atoms with E-state index >= 15 is 0 Å². The summed E-state index contributed by atoms with van der Waals surface area (Å²) < 4.78 is 11.9. The SMILES string of the molecule is CC1CCC2(CC1)OC[C@@H](CNC(=O)NCCCC(=O)N(C)C)O2. The van der Waals surface area contributed by atoms with Gasteiger partial charge in [0.2, 0.25) is 5.91 Å². The van der Waals surface area contributed by atoms with Crippen LogP contribution in [0.2, 0.25) is 0 Å². The summed E-state index contributed by atoms with van der Waals surface area (Å²) in [5.41, 5.74) is 0. The second kappa shape index (κ2) is 8.67. The largest absolute Gasteiger partial charge is 0.349 e. The number of hydrogen-bond acceptors (Lipinski definition) is 4. The molecule has 7 nitrogen and oxygen atoms in total. The second-order valence-electron chi connectivity index (χ2n) is 7.17. The first kappa shape index (κ1) is 19.0. The van der Waals surface area contributed by atoms with Crippen molar-refractivity contribution in [2.24, 2.45) is 5.92 Å². The summed E-state index contributed by atoms with van der Waals surface area (Å²) in [6.07, 6.45) is 5.13. The lowest BCUT2D eigenvalue weighted by Crippen LogP contribution is -2.42. The molecular formula is C17H31N3O4. The van der Waals surface area contributed by atoms with E-state index in [2.05, 4.69) is 17.6 Å². The summed E-state index contributed by atoms with van der Waals surface area (Å²) in [5, 5.41) is 5.58. The van der Waals surface area contributed by atoms with Crippen LogP contribution < -0.4 is 10.6 Å². The number of ether oxygens (including phenoxy) is 2. The number of amides is 3. The molecule has 24 heavy (non-hydrogen) atoms. The molecule has 0 radical (unpaired) electrons. The molecule has 3 amide bonds. The van der Waals surface area contributed by atoms with Crippen molar-refractivity contribution < 1.29 is 19.1 Å². The minimum absolute atomic E-state index is 0.0702. The van der Waals surface area contributed by atoms with Gasteiger partial charge >= 0.3 is 6.03 Å². The number of carbonyl (C=O) groups is 2. The van der Waals surface area contributed by atoms with Gasteiger partial charge in [0.25, 0.3) is 0 Å². The molecule has 1 aliphatic heterocycles. The Balaban J connectivity index is 1.57. The highest BCUT2D eigenvalue weighted by Crippen LogP contribution is 2.39. The second-order valence-corrected chi connectivity index (χ2v) is 7.17. The van der Waals surface area contributed by atoms with Gasteiger partial charge in [0.15, 0.2) is 5.79 Å². The Hall–Kier alpha value is -1.34. The van der Waals surface area contributed by atoms with Crippen LogP contribution in [-0.2, 0) is 14.3 Å². The standard InChI is InChI=1S/C17H31N3O4/c1-13-6-8-17(9-7-13)23-12-14(24-17)11-19-16(22)18-10-4-5-15(21)20(2)3/h13-14H,4-12H2,1-3H3,(H2,18,19,22)/t13?,14-,17?/m1/s1. The van der Waals surface area contributed by atoms with E-state index in [1.54, 1.807) is 19.0 Å². The quantitative estimate of drug-likeness (QED) is 0.717. The predicted octanol–water partition coefficient (Wildman–Crippen LogP) is 1.48. The minimum Gasteiger partial charge on any atom is -0.349 e. The topological polar surface area (TPSA) is 79.9 Å². The Morgan fingerprint density at radius 2 is 1.92 bits per heavy atom. The highest BCUT2D eigenvalue weighted by molar-refractivity contribution is 5.76. The van der Waals surface area contributed by atoms with Gasteiger partial charge < -0.3 is 25.0 Å². The van der Waals surface area contributed by atoms with E-state index in [4.69, 9.17) is 9.47 Å². The number of carbonyl (C=O) groups excluding carboxylic acids is 2. The van der Waals surface area contributed by atoms with E-state index in [1.165, 1.54) is 0 Å². The fourth-order valence-electron chi connectivity index (χ4n) is 3.12. The zero-order valence-electron chi connectivity index (χ0n) is 15.1. The molecule has 0 bridgehead atoms. The summed E-state index contributed by atoms with van der Waals surface area (Å²) in [7, 11) is 3.46. The summed E-state index contributed by atoms with van der Waals surface area (Å²) in [5.74, 6) is 0.396. The van der Waals surface area contributed by atoms with Gasteiger partial charge in [-0.1, -0.05) is 6.92 Å². The van der Waals surface area contributed by atoms with Crippen molar-refractivity contribution in [2.75, 3.05) is 33.8 Å². The molecule has 1 atom stereocenters. The van der Waals surface area contributed by atoms with Crippen molar-refractivity contribution in [3.8, 4) is 0 Å².